The van der Waals surface area contributed by atoms with Crippen LogP contribution in [-0.2, 0) is 7.05 Å². The van der Waals surface area contributed by atoms with Gasteiger partial charge in [-0.3, -0.25) is 9.48 Å². The zero-order valence-corrected chi connectivity index (χ0v) is 19.6. The Bertz CT molecular complexity index is 1270. The van der Waals surface area contributed by atoms with Crippen LogP contribution in [-0.4, -0.2) is 42.9 Å². The number of ether oxygens (including phenoxy) is 1. The number of rotatable bonds is 7. The Labute approximate surface area is 195 Å². The zero-order valence-electron chi connectivity index (χ0n) is 18.7. The first kappa shape index (κ1) is 21.4. The van der Waals surface area contributed by atoms with E-state index in [1.54, 1.807) is 4.68 Å². The van der Waals surface area contributed by atoms with E-state index in [4.69, 9.17) is 14.7 Å². The van der Waals surface area contributed by atoms with Gasteiger partial charge in [0, 0.05) is 31.4 Å². The highest BCUT2D eigenvalue weighted by atomic mass is 32.1. The quantitative estimate of drug-likeness (QED) is 0.419. The Morgan fingerprint density at radius 1 is 1.27 bits per heavy atom. The van der Waals surface area contributed by atoms with Crippen LogP contribution >= 0.6 is 11.3 Å². The molecule has 4 aromatic rings. The number of nitrogens with one attached hydrogen (secondary N) is 2. The molecule has 0 saturated heterocycles. The van der Waals surface area contributed by atoms with Crippen molar-refractivity contribution in [1.29, 1.82) is 0 Å². The fraction of sp³-hybridized carbons (Fsp3) is 0.391. The van der Waals surface area contributed by atoms with Crippen molar-refractivity contribution >= 4 is 39.2 Å². The van der Waals surface area contributed by atoms with Crippen molar-refractivity contribution in [3.05, 3.63) is 41.7 Å². The third-order valence-corrected chi connectivity index (χ3v) is 6.58. The van der Waals surface area contributed by atoms with Gasteiger partial charge in [0.25, 0.3) is 5.91 Å². The predicted molar refractivity (Wildman–Crippen MR) is 129 cm³/mol. The summed E-state index contributed by atoms with van der Waals surface area (Å²) in [6.07, 6.45) is 11.5. The Balaban J connectivity index is 1.50. The van der Waals surface area contributed by atoms with Gasteiger partial charge in [-0.15, -0.1) is 11.3 Å². The summed E-state index contributed by atoms with van der Waals surface area (Å²) < 4.78 is 10.2. The third-order valence-electron chi connectivity index (χ3n) is 5.74. The lowest BCUT2D eigenvalue weighted by atomic mass is 9.98. The van der Waals surface area contributed by atoms with E-state index in [2.05, 4.69) is 15.7 Å². The van der Waals surface area contributed by atoms with Crippen molar-refractivity contribution in [2.45, 2.75) is 45.1 Å². The number of aromatic nitrogens is 5. The molecule has 1 saturated carbocycles. The normalized spacial score (nSPS) is 14.5. The van der Waals surface area contributed by atoms with Crippen LogP contribution < -0.4 is 15.4 Å². The van der Waals surface area contributed by atoms with E-state index in [0.717, 1.165) is 34.6 Å². The summed E-state index contributed by atoms with van der Waals surface area (Å²) in [6, 6.07) is 3.77. The van der Waals surface area contributed by atoms with Crippen LogP contribution in [0.25, 0.3) is 16.7 Å². The molecule has 0 aliphatic heterocycles. The second-order valence-corrected chi connectivity index (χ2v) is 9.12. The summed E-state index contributed by atoms with van der Waals surface area (Å²) in [7, 11) is 1.89. The van der Waals surface area contributed by atoms with Crippen molar-refractivity contribution in [2.75, 3.05) is 11.9 Å². The van der Waals surface area contributed by atoms with Gasteiger partial charge in [0.05, 0.1) is 28.0 Å². The van der Waals surface area contributed by atoms with E-state index in [9.17, 15) is 4.79 Å². The molecule has 0 unspecified atom stereocenters. The molecule has 0 radical (unpaired) electrons. The molecule has 0 aromatic carbocycles. The Hall–Kier alpha value is -3.40. The van der Waals surface area contributed by atoms with E-state index < -0.39 is 0 Å². The maximum Gasteiger partial charge on any atom is 0.252 e. The lowest BCUT2D eigenvalue weighted by Gasteiger charge is -2.23. The van der Waals surface area contributed by atoms with Crippen LogP contribution in [0, 0.1) is 0 Å². The molecule has 4 aromatic heterocycles. The summed E-state index contributed by atoms with van der Waals surface area (Å²) >= 11 is 1.44. The summed E-state index contributed by atoms with van der Waals surface area (Å²) in [5, 5.41) is 13.0. The molecule has 4 heterocycles. The summed E-state index contributed by atoms with van der Waals surface area (Å²) in [5.41, 5.74) is 3.15. The number of amides is 1. The molecule has 33 heavy (non-hydrogen) atoms. The van der Waals surface area contributed by atoms with Crippen LogP contribution in [0.2, 0.25) is 0 Å². The average Bonchev–Trinajstić information content (AvgIpc) is 3.54. The molecule has 5 rings (SSSR count). The second-order valence-electron chi connectivity index (χ2n) is 8.21. The largest absolute Gasteiger partial charge is 0.473 e. The zero-order chi connectivity index (χ0) is 22.8. The van der Waals surface area contributed by atoms with Gasteiger partial charge in [0.1, 0.15) is 11.6 Å². The highest BCUT2D eigenvalue weighted by Crippen LogP contribution is 2.32. The lowest BCUT2D eigenvalue weighted by molar-refractivity contribution is 0.0956. The number of aryl methyl sites for hydroxylation is 1. The molecular formula is C23H27N7O2S. The minimum Gasteiger partial charge on any atom is -0.473 e. The Morgan fingerprint density at radius 3 is 2.88 bits per heavy atom. The average molecular weight is 466 g/mol. The molecule has 1 amide bonds. The summed E-state index contributed by atoms with van der Waals surface area (Å²) in [6.45, 7) is 2.49. The first-order valence-electron chi connectivity index (χ1n) is 11.3. The maximum atomic E-state index is 12.1. The third kappa shape index (κ3) is 4.56. The highest BCUT2D eigenvalue weighted by molar-refractivity contribution is 7.14. The number of nitrogens with zero attached hydrogens (tertiary/aromatic N) is 5. The number of carbonyl (C=O) groups is 1. The van der Waals surface area contributed by atoms with Gasteiger partial charge in [0.2, 0.25) is 11.8 Å². The first-order chi connectivity index (χ1) is 16.1. The minimum absolute atomic E-state index is 0.0898. The summed E-state index contributed by atoms with van der Waals surface area (Å²) in [5.74, 6) is 0.915. The van der Waals surface area contributed by atoms with Gasteiger partial charge >= 0.3 is 0 Å². The minimum atomic E-state index is -0.0898. The first-order valence-corrected chi connectivity index (χ1v) is 12.2. The van der Waals surface area contributed by atoms with Gasteiger partial charge < -0.3 is 19.9 Å². The predicted octanol–water partition coefficient (Wildman–Crippen LogP) is 4.42. The molecule has 0 spiro atoms. The Kier molecular flexibility index (Phi) is 5.99. The fourth-order valence-electron chi connectivity index (χ4n) is 4.13. The van der Waals surface area contributed by atoms with E-state index in [1.165, 1.54) is 30.6 Å². The molecule has 1 fully saturated rings. The molecule has 10 heteroatoms. The molecule has 1 aliphatic carbocycles. The monoisotopic (exact) mass is 465 g/mol. The highest BCUT2D eigenvalue weighted by Gasteiger charge is 2.21. The molecule has 1 aliphatic rings. The van der Waals surface area contributed by atoms with Crippen LogP contribution in [0.3, 0.4) is 0 Å². The van der Waals surface area contributed by atoms with Gasteiger partial charge in [-0.1, -0.05) is 6.42 Å². The fourth-order valence-corrected chi connectivity index (χ4v) is 4.91. The Morgan fingerprint density at radius 2 is 2.12 bits per heavy atom. The number of fused-ring (bicyclic) bond motifs is 1. The number of carbonyl (C=O) groups excluding carboxylic acids is 1. The molecule has 0 atom stereocenters. The maximum absolute atomic E-state index is 12.1. The smallest absolute Gasteiger partial charge is 0.252 e. The van der Waals surface area contributed by atoms with Gasteiger partial charge in [-0.25, -0.2) is 4.98 Å². The number of hydrogen-bond donors (Lipinski definition) is 2. The number of anilines is 2. The van der Waals surface area contributed by atoms with E-state index in [1.807, 2.05) is 54.6 Å². The van der Waals surface area contributed by atoms with Crippen LogP contribution in [0.15, 0.2) is 36.1 Å². The van der Waals surface area contributed by atoms with Crippen molar-refractivity contribution in [3.8, 4) is 11.6 Å². The number of thiophene rings is 1. The summed E-state index contributed by atoms with van der Waals surface area (Å²) in [4.78, 5) is 21.6. The van der Waals surface area contributed by atoms with Crippen molar-refractivity contribution < 1.29 is 9.53 Å². The molecular weight excluding hydrogens is 438 g/mol. The van der Waals surface area contributed by atoms with Crippen molar-refractivity contribution in [1.82, 2.24) is 29.6 Å². The van der Waals surface area contributed by atoms with Crippen LogP contribution in [0.1, 0.15) is 49.4 Å². The SMILES string of the molecule is CCNC(=O)c1csc(Nc2nc(OC3CCCCC3)c3c(ccn3-c3cnn(C)c3)n2)c1. The van der Waals surface area contributed by atoms with Crippen LogP contribution in [0.4, 0.5) is 10.9 Å². The van der Waals surface area contributed by atoms with Gasteiger partial charge in [-0.2, -0.15) is 10.1 Å². The van der Waals surface area contributed by atoms with Crippen molar-refractivity contribution in [2.24, 2.45) is 7.05 Å². The van der Waals surface area contributed by atoms with Crippen LogP contribution in [0.5, 0.6) is 5.88 Å². The molecule has 172 valence electrons. The standard InChI is InChI=1S/C23H27N7O2S/c1-3-24-21(31)15-11-19(33-14-15)27-23-26-18-9-10-30(16-12-25-29(2)13-16)20(18)22(28-23)32-17-7-5-4-6-8-17/h9-14,17H,3-8H2,1-2H3,(H,24,31)(H,26,27,28). The van der Waals surface area contributed by atoms with E-state index in [0.29, 0.717) is 23.9 Å². The number of hydrogen-bond acceptors (Lipinski definition) is 7. The topological polar surface area (TPSA) is 98.9 Å². The molecule has 2 N–H and O–H groups in total. The van der Waals surface area contributed by atoms with Crippen molar-refractivity contribution in [3.63, 3.8) is 0 Å². The van der Waals surface area contributed by atoms with Gasteiger partial charge in [-0.05, 0) is 44.7 Å². The van der Waals surface area contributed by atoms with E-state index in [-0.39, 0.29) is 12.0 Å². The van der Waals surface area contributed by atoms with Gasteiger partial charge in [0.15, 0.2) is 0 Å². The lowest BCUT2D eigenvalue weighted by Crippen LogP contribution is -2.21. The van der Waals surface area contributed by atoms with E-state index >= 15 is 0 Å². The molecule has 9 nitrogen and oxygen atoms in total. The second kappa shape index (κ2) is 9.22. The molecule has 0 bridgehead atoms.